The van der Waals surface area contributed by atoms with E-state index >= 15 is 0 Å². The molecule has 4 aromatic rings. The molecule has 174 valence electrons. The summed E-state index contributed by atoms with van der Waals surface area (Å²) in [5, 5.41) is 5.11. The third-order valence-corrected chi connectivity index (χ3v) is 5.81. The molecule has 0 aliphatic heterocycles. The Bertz CT molecular complexity index is 1250. The Kier molecular flexibility index (Phi) is 8.04. The van der Waals surface area contributed by atoms with Crippen LogP contribution >= 0.6 is 15.9 Å². The van der Waals surface area contributed by atoms with Gasteiger partial charge in [0, 0.05) is 0 Å². The number of carbonyl (C=O) groups excluding carboxylic acids is 1. The van der Waals surface area contributed by atoms with Gasteiger partial charge in [-0.15, -0.1) is 0 Å². The molecule has 0 bridgehead atoms. The van der Waals surface area contributed by atoms with E-state index in [1.165, 1.54) is 0 Å². The van der Waals surface area contributed by atoms with E-state index in [1.54, 1.807) is 6.92 Å². The summed E-state index contributed by atoms with van der Waals surface area (Å²) in [5.41, 5.74) is 2.88. The molecule has 0 heterocycles. The van der Waals surface area contributed by atoms with Gasteiger partial charge in [0.15, 0.2) is 0 Å². The first-order chi connectivity index (χ1) is 16.6. The maximum Gasteiger partial charge on any atom is 0.325 e. The van der Waals surface area contributed by atoms with Crippen LogP contribution in [0.1, 0.15) is 18.1 Å². The molecule has 0 radical (unpaired) electrons. The first-order valence-electron chi connectivity index (χ1n) is 11.1. The number of ether oxygens (including phenoxy) is 3. The van der Waals surface area contributed by atoms with E-state index in [1.807, 2.05) is 84.9 Å². The molecule has 5 nitrogen and oxygen atoms in total. The zero-order chi connectivity index (χ0) is 23.8. The topological polar surface area (TPSA) is 56.8 Å². The fourth-order valence-corrected chi connectivity index (χ4v) is 3.97. The van der Waals surface area contributed by atoms with Crippen molar-refractivity contribution in [1.29, 1.82) is 0 Å². The molecule has 6 heteroatoms. The van der Waals surface area contributed by atoms with E-state index < -0.39 is 0 Å². The zero-order valence-corrected chi connectivity index (χ0v) is 20.5. The Labute approximate surface area is 207 Å². The highest BCUT2D eigenvalue weighted by molar-refractivity contribution is 9.10. The molecule has 0 fully saturated rings. The van der Waals surface area contributed by atoms with Crippen molar-refractivity contribution in [2.45, 2.75) is 20.1 Å². The number of rotatable bonds is 10. The lowest BCUT2D eigenvalue weighted by molar-refractivity contribution is -0.140. The Morgan fingerprint density at radius 2 is 1.35 bits per heavy atom. The number of anilines is 1. The molecule has 4 rings (SSSR count). The normalized spacial score (nSPS) is 10.6. The van der Waals surface area contributed by atoms with Crippen molar-refractivity contribution in [3.63, 3.8) is 0 Å². The van der Waals surface area contributed by atoms with Gasteiger partial charge in [0.2, 0.25) is 0 Å². The lowest BCUT2D eigenvalue weighted by Crippen LogP contribution is -2.17. The second kappa shape index (κ2) is 11.6. The highest BCUT2D eigenvalue weighted by Gasteiger charge is 2.12. The molecule has 0 saturated heterocycles. The summed E-state index contributed by atoms with van der Waals surface area (Å²) < 4.78 is 18.1. The van der Waals surface area contributed by atoms with Crippen molar-refractivity contribution in [2.24, 2.45) is 0 Å². The minimum absolute atomic E-state index is 0.0560. The van der Waals surface area contributed by atoms with E-state index in [9.17, 15) is 4.79 Å². The molecular formula is C28H26BrNO4. The Hall–Kier alpha value is -3.51. The van der Waals surface area contributed by atoms with Gasteiger partial charge in [0.05, 0.1) is 16.8 Å². The second-order valence-electron chi connectivity index (χ2n) is 7.69. The Morgan fingerprint density at radius 3 is 1.97 bits per heavy atom. The first kappa shape index (κ1) is 23.6. The lowest BCUT2D eigenvalue weighted by atomic mass is 10.1. The summed E-state index contributed by atoms with van der Waals surface area (Å²) in [5.74, 6) is 1.08. The second-order valence-corrected chi connectivity index (χ2v) is 8.54. The third-order valence-electron chi connectivity index (χ3n) is 5.19. The van der Waals surface area contributed by atoms with Crippen LogP contribution < -0.4 is 14.8 Å². The van der Waals surface area contributed by atoms with E-state index in [-0.39, 0.29) is 12.5 Å². The SMILES string of the molecule is CCOC(=O)CNc1cc2cc(Br)c(OCc3ccccc3)cc2cc1OCc1ccccc1. The molecule has 0 atom stereocenters. The monoisotopic (exact) mass is 519 g/mol. The van der Waals surface area contributed by atoms with Crippen LogP contribution in [0.5, 0.6) is 11.5 Å². The summed E-state index contributed by atoms with van der Waals surface area (Å²) in [6, 6.07) is 27.9. The van der Waals surface area contributed by atoms with Gasteiger partial charge in [0.1, 0.15) is 31.3 Å². The smallest absolute Gasteiger partial charge is 0.325 e. The van der Waals surface area contributed by atoms with Gasteiger partial charge in [-0.2, -0.15) is 0 Å². The Balaban J connectivity index is 1.61. The number of carbonyl (C=O) groups is 1. The van der Waals surface area contributed by atoms with Crippen molar-refractivity contribution in [2.75, 3.05) is 18.5 Å². The highest BCUT2D eigenvalue weighted by atomic mass is 79.9. The molecule has 0 spiro atoms. The van der Waals surface area contributed by atoms with Crippen molar-refractivity contribution >= 4 is 38.4 Å². The van der Waals surface area contributed by atoms with Crippen molar-refractivity contribution in [3.05, 3.63) is 101 Å². The predicted octanol–water partition coefficient (Wildman–Crippen LogP) is 6.74. The fourth-order valence-electron chi connectivity index (χ4n) is 3.50. The third kappa shape index (κ3) is 6.29. The van der Waals surface area contributed by atoms with Crippen molar-refractivity contribution < 1.29 is 19.0 Å². The standard InChI is InChI=1S/C28H26BrNO4/c1-2-32-28(31)17-30-25-14-22-13-24(29)26(33-18-20-9-5-3-6-10-20)15-23(22)16-27(25)34-19-21-11-7-4-8-12-21/h3-16,30H,2,17-19H2,1H3. The van der Waals surface area contributed by atoms with Crippen molar-refractivity contribution in [1.82, 2.24) is 0 Å². The summed E-state index contributed by atoms with van der Waals surface area (Å²) in [6.07, 6.45) is 0. The molecule has 0 saturated carbocycles. The van der Waals surface area contributed by atoms with Gasteiger partial charge in [-0.05, 0) is 69.0 Å². The van der Waals surface area contributed by atoms with Crippen molar-refractivity contribution in [3.8, 4) is 11.5 Å². The first-order valence-corrected chi connectivity index (χ1v) is 11.9. The quantitative estimate of drug-likeness (QED) is 0.235. The van der Waals surface area contributed by atoms with Gasteiger partial charge in [-0.3, -0.25) is 4.79 Å². The molecule has 34 heavy (non-hydrogen) atoms. The Morgan fingerprint density at radius 1 is 0.794 bits per heavy atom. The number of halogens is 1. The van der Waals surface area contributed by atoms with E-state index in [0.717, 1.165) is 37.8 Å². The number of benzene rings is 4. The fraction of sp³-hybridized carbons (Fsp3) is 0.179. The number of nitrogens with one attached hydrogen (secondary N) is 1. The molecule has 0 aromatic heterocycles. The van der Waals surface area contributed by atoms with Gasteiger partial charge in [-0.25, -0.2) is 0 Å². The van der Waals surface area contributed by atoms with Crippen LogP contribution in [0.4, 0.5) is 5.69 Å². The number of hydrogen-bond acceptors (Lipinski definition) is 5. The molecule has 0 aliphatic rings. The maximum absolute atomic E-state index is 11.9. The number of fused-ring (bicyclic) bond motifs is 1. The molecule has 0 amide bonds. The van der Waals surface area contributed by atoms with Crippen LogP contribution in [0.25, 0.3) is 10.8 Å². The van der Waals surface area contributed by atoms with Gasteiger partial charge in [0.25, 0.3) is 0 Å². The van der Waals surface area contributed by atoms with Crippen LogP contribution in [0.3, 0.4) is 0 Å². The molecule has 1 N–H and O–H groups in total. The lowest BCUT2D eigenvalue weighted by Gasteiger charge is -2.16. The molecular weight excluding hydrogens is 494 g/mol. The average molecular weight is 520 g/mol. The predicted molar refractivity (Wildman–Crippen MR) is 138 cm³/mol. The highest BCUT2D eigenvalue weighted by Crippen LogP contribution is 2.37. The summed E-state index contributed by atoms with van der Waals surface area (Å²) in [4.78, 5) is 11.9. The minimum Gasteiger partial charge on any atom is -0.488 e. The van der Waals surface area contributed by atoms with Crippen LogP contribution in [-0.2, 0) is 22.7 Å². The summed E-state index contributed by atoms with van der Waals surface area (Å²) >= 11 is 3.63. The number of hydrogen-bond donors (Lipinski definition) is 1. The van der Waals surface area contributed by atoms with Gasteiger partial charge < -0.3 is 19.5 Å². The van der Waals surface area contributed by atoms with Crippen LogP contribution in [0.2, 0.25) is 0 Å². The van der Waals surface area contributed by atoms with E-state index in [0.29, 0.717) is 25.6 Å². The largest absolute Gasteiger partial charge is 0.488 e. The van der Waals surface area contributed by atoms with Gasteiger partial charge in [-0.1, -0.05) is 60.7 Å². The summed E-state index contributed by atoms with van der Waals surface area (Å²) in [7, 11) is 0. The van der Waals surface area contributed by atoms with Crippen LogP contribution in [0.15, 0.2) is 89.4 Å². The average Bonchev–Trinajstić information content (AvgIpc) is 2.86. The van der Waals surface area contributed by atoms with Crippen LogP contribution in [0, 0.1) is 0 Å². The molecule has 0 aliphatic carbocycles. The van der Waals surface area contributed by atoms with E-state index in [2.05, 4.69) is 21.2 Å². The minimum atomic E-state index is -0.317. The van der Waals surface area contributed by atoms with Gasteiger partial charge >= 0.3 is 5.97 Å². The zero-order valence-electron chi connectivity index (χ0n) is 18.9. The summed E-state index contributed by atoms with van der Waals surface area (Å²) in [6.45, 7) is 3.07. The van der Waals surface area contributed by atoms with E-state index in [4.69, 9.17) is 14.2 Å². The van der Waals surface area contributed by atoms with Crippen LogP contribution in [-0.4, -0.2) is 19.1 Å². The maximum atomic E-state index is 11.9. The molecule has 4 aromatic carbocycles. The molecule has 0 unspecified atom stereocenters. The number of esters is 1.